The first-order chi connectivity index (χ1) is 12.9. The fraction of sp³-hybridized carbons (Fsp3) is 0.476. The van der Waals surface area contributed by atoms with Crippen molar-refractivity contribution in [3.63, 3.8) is 0 Å². The van der Waals surface area contributed by atoms with E-state index in [0.29, 0.717) is 22.6 Å². The first kappa shape index (κ1) is 17.0. The number of hydrogen-bond donors (Lipinski definition) is 0. The molecule has 0 N–H and O–H groups in total. The first-order valence-electron chi connectivity index (χ1n) is 9.38. The monoisotopic (exact) mass is 385 g/mol. The van der Waals surface area contributed by atoms with Crippen LogP contribution in [0.2, 0.25) is 5.02 Å². The third kappa shape index (κ3) is 2.40. The van der Waals surface area contributed by atoms with Crippen molar-refractivity contribution < 1.29 is 19.1 Å². The van der Waals surface area contributed by atoms with Gasteiger partial charge in [0.25, 0.3) is 0 Å². The molecular weight excluding hydrogens is 366 g/mol. The molecule has 6 atom stereocenters. The maximum absolute atomic E-state index is 12.9. The van der Waals surface area contributed by atoms with Crippen molar-refractivity contribution in [2.24, 2.45) is 35.5 Å². The molecule has 0 aromatic heterocycles. The molecule has 1 aliphatic heterocycles. The van der Waals surface area contributed by atoms with E-state index in [-0.39, 0.29) is 42.0 Å². The van der Waals surface area contributed by atoms with E-state index < -0.39 is 5.97 Å². The molecule has 140 valence electrons. The number of nitrogens with zero attached hydrogens (tertiary/aromatic N) is 1. The highest BCUT2D eigenvalue weighted by atomic mass is 35.5. The Labute approximate surface area is 162 Å². The van der Waals surface area contributed by atoms with Crippen LogP contribution in [0.25, 0.3) is 0 Å². The molecule has 5 aliphatic rings. The number of hydrogen-bond acceptors (Lipinski definition) is 4. The summed E-state index contributed by atoms with van der Waals surface area (Å²) in [6.45, 7) is 3.33. The van der Waals surface area contributed by atoms with Crippen LogP contribution in [0.3, 0.4) is 0 Å². The maximum atomic E-state index is 12.9. The van der Waals surface area contributed by atoms with E-state index in [1.54, 1.807) is 12.1 Å². The third-order valence-electron chi connectivity index (χ3n) is 6.68. The van der Waals surface area contributed by atoms with Gasteiger partial charge < -0.3 is 4.74 Å². The summed E-state index contributed by atoms with van der Waals surface area (Å²) in [5.74, 6) is 0.169. The van der Waals surface area contributed by atoms with Crippen molar-refractivity contribution >= 4 is 29.4 Å². The van der Waals surface area contributed by atoms with Gasteiger partial charge in [0, 0.05) is 5.02 Å². The van der Waals surface area contributed by atoms with Crippen molar-refractivity contribution in [1.29, 1.82) is 0 Å². The zero-order valence-corrected chi connectivity index (χ0v) is 15.9. The van der Waals surface area contributed by atoms with Crippen LogP contribution in [0, 0.1) is 49.4 Å². The summed E-state index contributed by atoms with van der Waals surface area (Å²) >= 11 is 6.14. The number of imide groups is 1. The van der Waals surface area contributed by atoms with Gasteiger partial charge in [0.1, 0.15) is 12.3 Å². The van der Waals surface area contributed by atoms with Gasteiger partial charge in [-0.05, 0) is 67.2 Å². The van der Waals surface area contributed by atoms with E-state index in [1.165, 1.54) is 0 Å². The van der Waals surface area contributed by atoms with Crippen LogP contribution in [-0.2, 0) is 14.4 Å². The van der Waals surface area contributed by atoms with E-state index in [2.05, 4.69) is 12.2 Å². The fourth-order valence-electron chi connectivity index (χ4n) is 5.43. The summed E-state index contributed by atoms with van der Waals surface area (Å²) < 4.78 is 5.38. The summed E-state index contributed by atoms with van der Waals surface area (Å²) in [6.07, 6.45) is 5.35. The molecule has 6 heteroatoms. The van der Waals surface area contributed by atoms with Gasteiger partial charge in [0.05, 0.1) is 11.8 Å². The van der Waals surface area contributed by atoms with Gasteiger partial charge in [-0.25, -0.2) is 4.79 Å². The molecule has 27 heavy (non-hydrogen) atoms. The van der Waals surface area contributed by atoms with Gasteiger partial charge in [0.15, 0.2) is 0 Å². The summed E-state index contributed by atoms with van der Waals surface area (Å²) in [5.41, 5.74) is 1.61. The average Bonchev–Trinajstić information content (AvgIpc) is 3.41. The molecule has 0 radical (unpaired) electrons. The summed E-state index contributed by atoms with van der Waals surface area (Å²) in [4.78, 5) is 39.3. The van der Waals surface area contributed by atoms with Crippen LogP contribution >= 0.6 is 11.6 Å². The molecule has 0 unspecified atom stereocenters. The number of halogens is 1. The van der Waals surface area contributed by atoms with Crippen molar-refractivity contribution in [3.8, 4) is 5.75 Å². The fourth-order valence-corrected chi connectivity index (χ4v) is 5.54. The normalized spacial score (nSPS) is 35.3. The van der Waals surface area contributed by atoms with Crippen LogP contribution in [0.4, 0.5) is 0 Å². The van der Waals surface area contributed by atoms with Crippen LogP contribution in [0.1, 0.15) is 17.5 Å². The van der Waals surface area contributed by atoms with Crippen LogP contribution in [0.5, 0.6) is 5.75 Å². The average molecular weight is 386 g/mol. The second-order valence-electron chi connectivity index (χ2n) is 8.26. The van der Waals surface area contributed by atoms with E-state index in [4.69, 9.17) is 16.3 Å². The first-order valence-corrected chi connectivity index (χ1v) is 9.75. The second-order valence-corrected chi connectivity index (χ2v) is 8.64. The Bertz CT molecular complexity index is 864. The molecule has 0 spiro atoms. The quantitative estimate of drug-likeness (QED) is 0.347. The summed E-state index contributed by atoms with van der Waals surface area (Å²) in [7, 11) is 0. The van der Waals surface area contributed by atoms with Crippen LogP contribution < -0.4 is 4.74 Å². The lowest BCUT2D eigenvalue weighted by molar-refractivity contribution is -0.148. The molecule has 3 fully saturated rings. The molecule has 1 saturated heterocycles. The predicted molar refractivity (Wildman–Crippen MR) is 98.0 cm³/mol. The summed E-state index contributed by atoms with van der Waals surface area (Å²) in [6, 6.07) is 3.36. The van der Waals surface area contributed by atoms with Crippen LogP contribution in [-0.4, -0.2) is 29.2 Å². The molecule has 2 bridgehead atoms. The van der Waals surface area contributed by atoms with Gasteiger partial charge in [-0.1, -0.05) is 23.8 Å². The molecule has 6 rings (SSSR count). The highest BCUT2D eigenvalue weighted by Crippen LogP contribution is 2.65. The lowest BCUT2D eigenvalue weighted by Gasteiger charge is -2.37. The Morgan fingerprint density at radius 1 is 1.07 bits per heavy atom. The van der Waals surface area contributed by atoms with Crippen molar-refractivity contribution in [2.45, 2.75) is 20.3 Å². The molecule has 2 saturated carbocycles. The number of aryl methyl sites for hydroxylation is 2. The molecule has 2 amide bonds. The van der Waals surface area contributed by atoms with Gasteiger partial charge in [-0.2, -0.15) is 0 Å². The minimum absolute atomic E-state index is 0.157. The largest absolute Gasteiger partial charge is 0.425 e. The number of allylic oxidation sites excluding steroid dienone is 2. The van der Waals surface area contributed by atoms with Gasteiger partial charge in [-0.15, -0.1) is 0 Å². The van der Waals surface area contributed by atoms with Gasteiger partial charge in [-0.3, -0.25) is 14.5 Å². The lowest BCUT2D eigenvalue weighted by Crippen LogP contribution is -2.40. The van der Waals surface area contributed by atoms with E-state index >= 15 is 0 Å². The Hall–Kier alpha value is -2.14. The van der Waals surface area contributed by atoms with E-state index in [1.807, 2.05) is 13.8 Å². The molecule has 4 aliphatic carbocycles. The number of rotatable bonds is 3. The standard InChI is InChI=1S/C21H20ClNO4/c1-9-5-11(6-10(2)19(9)22)27-16(24)8-23-20(25)17-12-3-4-13(15-7-14(12)15)18(17)21(23)26/h3-6,12-15,17-18H,7-8H2,1-2H3/t12-,13-,14-,15+,17+,18+/m0/s1. The van der Waals surface area contributed by atoms with Crippen molar-refractivity contribution in [2.75, 3.05) is 6.54 Å². The number of benzene rings is 1. The molecule has 1 heterocycles. The summed E-state index contributed by atoms with van der Waals surface area (Å²) in [5, 5.41) is 0.630. The Balaban J connectivity index is 1.32. The topological polar surface area (TPSA) is 63.7 Å². The molecule has 5 nitrogen and oxygen atoms in total. The van der Waals surface area contributed by atoms with Crippen molar-refractivity contribution in [3.05, 3.63) is 40.4 Å². The Morgan fingerprint density at radius 3 is 2.11 bits per heavy atom. The molecule has 1 aromatic rings. The number of amides is 2. The SMILES string of the molecule is Cc1cc(OC(=O)CN2C(=O)[C@@H]3[C@H]4C=C[C@@H]([C@@H]5C[C@H]45)[C@H]3C2=O)cc(C)c1Cl. The number of ether oxygens (including phenoxy) is 1. The van der Waals surface area contributed by atoms with Crippen molar-refractivity contribution in [1.82, 2.24) is 4.90 Å². The lowest BCUT2D eigenvalue weighted by atomic mass is 9.63. The smallest absolute Gasteiger partial charge is 0.331 e. The van der Waals surface area contributed by atoms with Gasteiger partial charge >= 0.3 is 5.97 Å². The Morgan fingerprint density at radius 2 is 1.59 bits per heavy atom. The molecular formula is C21H20ClNO4. The predicted octanol–water partition coefficient (Wildman–Crippen LogP) is 2.92. The minimum Gasteiger partial charge on any atom is -0.425 e. The van der Waals surface area contributed by atoms with Gasteiger partial charge in [0.2, 0.25) is 11.8 Å². The maximum Gasteiger partial charge on any atom is 0.331 e. The Kier molecular flexibility index (Phi) is 3.57. The number of carbonyl (C=O) groups is 3. The minimum atomic E-state index is -0.609. The number of esters is 1. The highest BCUT2D eigenvalue weighted by molar-refractivity contribution is 6.32. The molecule has 1 aromatic carbocycles. The highest BCUT2D eigenvalue weighted by Gasteiger charge is 2.67. The number of likely N-dealkylation sites (tertiary alicyclic amines) is 1. The number of carbonyl (C=O) groups excluding carboxylic acids is 3. The zero-order valence-electron chi connectivity index (χ0n) is 15.1. The van der Waals surface area contributed by atoms with E-state index in [9.17, 15) is 14.4 Å². The van der Waals surface area contributed by atoms with E-state index in [0.717, 1.165) is 22.4 Å². The third-order valence-corrected chi connectivity index (χ3v) is 7.28. The zero-order chi connectivity index (χ0) is 19.0. The second kappa shape index (κ2) is 5.68. The van der Waals surface area contributed by atoms with Crippen LogP contribution in [0.15, 0.2) is 24.3 Å².